The van der Waals surface area contributed by atoms with Gasteiger partial charge in [-0.15, -0.1) is 0 Å². The van der Waals surface area contributed by atoms with E-state index in [-0.39, 0.29) is 17.9 Å². The average molecular weight is 471 g/mol. The Hall–Kier alpha value is -4.14. The molecule has 3 aromatic carbocycles. The standard InChI is InChI=1S/C25H23F2NO6/c1-3-32-23-13-16(9-10-22(23)34-12-11-33-17-7-5-4-6-8-17)24(29)28-21-14-18(25(30)31-2)19(26)15-20(21)27/h4-10,13-15H,3,11-12H2,1-2H3,(H,28,29). The second-order valence-corrected chi connectivity index (χ2v) is 6.86. The van der Waals surface area contributed by atoms with Gasteiger partial charge in [0, 0.05) is 11.6 Å². The third-order valence-electron chi connectivity index (χ3n) is 4.57. The summed E-state index contributed by atoms with van der Waals surface area (Å²) in [7, 11) is 1.07. The predicted molar refractivity (Wildman–Crippen MR) is 121 cm³/mol. The Balaban J connectivity index is 1.70. The van der Waals surface area contributed by atoms with Gasteiger partial charge in [0.1, 0.15) is 30.6 Å². The third kappa shape index (κ3) is 6.22. The smallest absolute Gasteiger partial charge is 0.340 e. The summed E-state index contributed by atoms with van der Waals surface area (Å²) in [6.07, 6.45) is 0. The van der Waals surface area contributed by atoms with E-state index in [0.29, 0.717) is 36.5 Å². The van der Waals surface area contributed by atoms with Crippen LogP contribution in [-0.2, 0) is 4.74 Å². The molecular formula is C25H23F2NO6. The molecule has 1 amide bonds. The summed E-state index contributed by atoms with van der Waals surface area (Å²) in [6, 6.07) is 15.1. The second kappa shape index (κ2) is 11.6. The van der Waals surface area contributed by atoms with Crippen molar-refractivity contribution in [1.29, 1.82) is 0 Å². The van der Waals surface area contributed by atoms with Crippen molar-refractivity contribution < 1.29 is 37.3 Å². The molecule has 0 saturated heterocycles. The molecule has 34 heavy (non-hydrogen) atoms. The molecule has 1 N–H and O–H groups in total. The Morgan fingerprint density at radius 2 is 1.59 bits per heavy atom. The van der Waals surface area contributed by atoms with Gasteiger partial charge in [0.05, 0.1) is 25.0 Å². The maximum Gasteiger partial charge on any atom is 0.340 e. The van der Waals surface area contributed by atoms with Crippen LogP contribution in [-0.4, -0.2) is 38.8 Å². The number of esters is 1. The lowest BCUT2D eigenvalue weighted by atomic mass is 10.1. The molecule has 3 rings (SSSR count). The van der Waals surface area contributed by atoms with Gasteiger partial charge >= 0.3 is 5.97 Å². The largest absolute Gasteiger partial charge is 0.490 e. The highest BCUT2D eigenvalue weighted by molar-refractivity contribution is 6.05. The topological polar surface area (TPSA) is 83.1 Å². The highest BCUT2D eigenvalue weighted by atomic mass is 19.1. The lowest BCUT2D eigenvalue weighted by molar-refractivity contribution is 0.0595. The number of benzene rings is 3. The van der Waals surface area contributed by atoms with Gasteiger partial charge in [-0.2, -0.15) is 0 Å². The van der Waals surface area contributed by atoms with E-state index in [9.17, 15) is 18.4 Å². The van der Waals surface area contributed by atoms with Gasteiger partial charge in [0.15, 0.2) is 11.5 Å². The Morgan fingerprint density at radius 3 is 2.29 bits per heavy atom. The van der Waals surface area contributed by atoms with Crippen molar-refractivity contribution in [3.8, 4) is 17.2 Å². The van der Waals surface area contributed by atoms with Crippen LogP contribution in [0, 0.1) is 11.6 Å². The summed E-state index contributed by atoms with van der Waals surface area (Å²) in [5.41, 5.74) is -0.737. The van der Waals surface area contributed by atoms with E-state index in [1.165, 1.54) is 12.1 Å². The monoisotopic (exact) mass is 471 g/mol. The molecule has 0 heterocycles. The fraction of sp³-hybridized carbons (Fsp3) is 0.200. The van der Waals surface area contributed by atoms with Gasteiger partial charge in [-0.3, -0.25) is 4.79 Å². The lowest BCUT2D eigenvalue weighted by Crippen LogP contribution is -2.15. The molecule has 0 spiro atoms. The second-order valence-electron chi connectivity index (χ2n) is 6.86. The zero-order chi connectivity index (χ0) is 24.5. The Kier molecular flexibility index (Phi) is 8.39. The average Bonchev–Trinajstić information content (AvgIpc) is 2.84. The van der Waals surface area contributed by atoms with E-state index in [2.05, 4.69) is 10.1 Å². The predicted octanol–water partition coefficient (Wildman–Crippen LogP) is 4.86. The minimum absolute atomic E-state index is 0.139. The number of rotatable bonds is 10. The van der Waals surface area contributed by atoms with Gasteiger partial charge < -0.3 is 24.3 Å². The zero-order valence-electron chi connectivity index (χ0n) is 18.6. The van der Waals surface area contributed by atoms with E-state index in [1.807, 2.05) is 30.3 Å². The molecule has 7 nitrogen and oxygen atoms in total. The Morgan fingerprint density at radius 1 is 0.853 bits per heavy atom. The lowest BCUT2D eigenvalue weighted by Gasteiger charge is -2.14. The van der Waals surface area contributed by atoms with Crippen molar-refractivity contribution in [2.45, 2.75) is 6.92 Å². The highest BCUT2D eigenvalue weighted by Crippen LogP contribution is 2.29. The van der Waals surface area contributed by atoms with Gasteiger partial charge in [0.25, 0.3) is 5.91 Å². The number of methoxy groups -OCH3 is 1. The number of halogens is 2. The van der Waals surface area contributed by atoms with Gasteiger partial charge in [-0.25, -0.2) is 13.6 Å². The number of amides is 1. The quantitative estimate of drug-likeness (QED) is 0.336. The fourth-order valence-electron chi connectivity index (χ4n) is 2.97. The number of hydrogen-bond donors (Lipinski definition) is 1. The first-order chi connectivity index (χ1) is 16.4. The van der Waals surface area contributed by atoms with Crippen molar-refractivity contribution in [1.82, 2.24) is 0 Å². The van der Waals surface area contributed by atoms with Gasteiger partial charge in [-0.1, -0.05) is 18.2 Å². The van der Waals surface area contributed by atoms with E-state index >= 15 is 0 Å². The van der Waals surface area contributed by atoms with Crippen LogP contribution in [0.3, 0.4) is 0 Å². The molecule has 0 aromatic heterocycles. The number of para-hydroxylation sites is 1. The van der Waals surface area contributed by atoms with Crippen LogP contribution in [0.1, 0.15) is 27.6 Å². The number of ether oxygens (including phenoxy) is 4. The summed E-state index contributed by atoms with van der Waals surface area (Å²) >= 11 is 0. The molecule has 0 atom stereocenters. The van der Waals surface area contributed by atoms with Crippen LogP contribution >= 0.6 is 0 Å². The molecule has 0 unspecified atom stereocenters. The van der Waals surface area contributed by atoms with Crippen LogP contribution in [0.2, 0.25) is 0 Å². The molecule has 0 aliphatic heterocycles. The molecule has 0 bridgehead atoms. The first kappa shape index (κ1) is 24.5. The van der Waals surface area contributed by atoms with Crippen LogP contribution in [0.5, 0.6) is 17.2 Å². The Labute approximate surface area is 195 Å². The first-order valence-corrected chi connectivity index (χ1v) is 10.4. The molecular weight excluding hydrogens is 448 g/mol. The van der Waals surface area contributed by atoms with E-state index in [0.717, 1.165) is 13.2 Å². The molecule has 0 fully saturated rings. The van der Waals surface area contributed by atoms with Crippen LogP contribution in [0.4, 0.5) is 14.5 Å². The summed E-state index contributed by atoms with van der Waals surface area (Å²) in [4.78, 5) is 24.3. The molecule has 0 aliphatic rings. The summed E-state index contributed by atoms with van der Waals surface area (Å²) in [6.45, 7) is 2.62. The van der Waals surface area contributed by atoms with Crippen molar-refractivity contribution in [3.05, 3.63) is 83.4 Å². The number of nitrogens with one attached hydrogen (secondary N) is 1. The maximum absolute atomic E-state index is 14.2. The summed E-state index contributed by atoms with van der Waals surface area (Å²) in [5, 5.41) is 2.33. The van der Waals surface area contributed by atoms with Crippen molar-refractivity contribution >= 4 is 17.6 Å². The number of anilines is 1. The molecule has 0 saturated carbocycles. The summed E-state index contributed by atoms with van der Waals surface area (Å²) in [5.74, 6) is -2.40. The molecule has 178 valence electrons. The van der Waals surface area contributed by atoms with Crippen molar-refractivity contribution in [3.63, 3.8) is 0 Å². The highest BCUT2D eigenvalue weighted by Gasteiger charge is 2.19. The molecule has 3 aromatic rings. The first-order valence-electron chi connectivity index (χ1n) is 10.4. The fourth-order valence-corrected chi connectivity index (χ4v) is 2.97. The number of carbonyl (C=O) groups is 2. The van der Waals surface area contributed by atoms with E-state index in [4.69, 9.17) is 14.2 Å². The number of hydrogen-bond acceptors (Lipinski definition) is 6. The SMILES string of the molecule is CCOc1cc(C(=O)Nc2cc(C(=O)OC)c(F)cc2F)ccc1OCCOc1ccccc1. The van der Waals surface area contributed by atoms with Crippen molar-refractivity contribution in [2.75, 3.05) is 32.2 Å². The van der Waals surface area contributed by atoms with Crippen molar-refractivity contribution in [2.24, 2.45) is 0 Å². The van der Waals surface area contributed by atoms with Crippen LogP contribution in [0.25, 0.3) is 0 Å². The van der Waals surface area contributed by atoms with E-state index < -0.39 is 29.1 Å². The summed E-state index contributed by atoms with van der Waals surface area (Å²) < 4.78 is 49.3. The van der Waals surface area contributed by atoms with E-state index in [1.54, 1.807) is 13.0 Å². The van der Waals surface area contributed by atoms with Gasteiger partial charge in [-0.05, 0) is 43.3 Å². The van der Waals surface area contributed by atoms with Crippen LogP contribution in [0.15, 0.2) is 60.7 Å². The minimum atomic E-state index is -1.10. The molecule has 0 aliphatic carbocycles. The van der Waals surface area contributed by atoms with Gasteiger partial charge in [0.2, 0.25) is 0 Å². The third-order valence-corrected chi connectivity index (χ3v) is 4.57. The normalized spacial score (nSPS) is 10.4. The maximum atomic E-state index is 14.2. The minimum Gasteiger partial charge on any atom is -0.490 e. The van der Waals surface area contributed by atoms with Crippen LogP contribution < -0.4 is 19.5 Å². The number of carbonyl (C=O) groups excluding carboxylic acids is 2. The molecule has 0 radical (unpaired) electrons. The zero-order valence-corrected chi connectivity index (χ0v) is 18.6. The molecule has 9 heteroatoms. The Bertz CT molecular complexity index is 1150.